The normalized spacial score (nSPS) is 13.1. The van der Waals surface area contributed by atoms with Crippen LogP contribution in [0.15, 0.2) is 18.2 Å². The molecule has 0 saturated heterocycles. The van der Waals surface area contributed by atoms with E-state index in [1.165, 1.54) is 0 Å². The topological polar surface area (TPSA) is 29.3 Å². The lowest BCUT2D eigenvalue weighted by Crippen LogP contribution is -2.31. The Hall–Kier alpha value is -0.930. The summed E-state index contributed by atoms with van der Waals surface area (Å²) < 4.78 is 13.5. The average molecular weight is 224 g/mol. The molecule has 1 rings (SSSR count). The molecule has 0 radical (unpaired) electrons. The standard InChI is InChI=1S/C13H21FN2/c1-4-7-16(3)13(9-15)11-6-5-10(2)12(14)8-11/h5-6,8,13H,4,7,9,15H2,1-3H3. The van der Waals surface area contributed by atoms with Gasteiger partial charge in [-0.05, 0) is 44.1 Å². The Bertz CT molecular complexity index is 339. The first-order valence-corrected chi connectivity index (χ1v) is 5.76. The third kappa shape index (κ3) is 3.03. The molecule has 1 unspecified atom stereocenters. The number of hydrogen-bond acceptors (Lipinski definition) is 2. The lowest BCUT2D eigenvalue weighted by atomic mass is 10.0. The number of likely N-dealkylation sites (N-methyl/N-ethyl adjacent to an activating group) is 1. The number of benzene rings is 1. The van der Waals surface area contributed by atoms with Gasteiger partial charge in [0.25, 0.3) is 0 Å². The molecule has 16 heavy (non-hydrogen) atoms. The van der Waals surface area contributed by atoms with Gasteiger partial charge < -0.3 is 5.73 Å². The summed E-state index contributed by atoms with van der Waals surface area (Å²) in [5.74, 6) is -0.152. The van der Waals surface area contributed by atoms with E-state index in [0.29, 0.717) is 12.1 Å². The predicted molar refractivity (Wildman–Crippen MR) is 65.9 cm³/mol. The highest BCUT2D eigenvalue weighted by atomic mass is 19.1. The molecule has 90 valence electrons. The maximum absolute atomic E-state index is 13.5. The zero-order valence-corrected chi connectivity index (χ0v) is 10.3. The van der Waals surface area contributed by atoms with Crippen LogP contribution in [0, 0.1) is 12.7 Å². The van der Waals surface area contributed by atoms with Crippen LogP contribution in [0.1, 0.15) is 30.5 Å². The number of aryl methyl sites for hydroxylation is 1. The summed E-state index contributed by atoms with van der Waals surface area (Å²) in [7, 11) is 2.03. The maximum Gasteiger partial charge on any atom is 0.126 e. The molecular formula is C13H21FN2. The highest BCUT2D eigenvalue weighted by molar-refractivity contribution is 5.26. The van der Waals surface area contributed by atoms with Gasteiger partial charge in [0.2, 0.25) is 0 Å². The van der Waals surface area contributed by atoms with E-state index < -0.39 is 0 Å². The molecule has 0 amide bonds. The van der Waals surface area contributed by atoms with Gasteiger partial charge in [-0.3, -0.25) is 4.90 Å². The molecule has 2 N–H and O–H groups in total. The van der Waals surface area contributed by atoms with Gasteiger partial charge in [0.05, 0.1) is 0 Å². The molecule has 0 aromatic heterocycles. The van der Waals surface area contributed by atoms with E-state index in [9.17, 15) is 4.39 Å². The van der Waals surface area contributed by atoms with Crippen LogP contribution in [0.2, 0.25) is 0 Å². The van der Waals surface area contributed by atoms with E-state index in [4.69, 9.17) is 5.73 Å². The molecule has 0 saturated carbocycles. The SMILES string of the molecule is CCCN(C)C(CN)c1ccc(C)c(F)c1. The summed E-state index contributed by atoms with van der Waals surface area (Å²) in [4.78, 5) is 2.17. The van der Waals surface area contributed by atoms with Crippen molar-refractivity contribution in [3.8, 4) is 0 Å². The second-order valence-corrected chi connectivity index (χ2v) is 4.24. The van der Waals surface area contributed by atoms with Crippen LogP contribution in [0.4, 0.5) is 4.39 Å². The fourth-order valence-electron chi connectivity index (χ4n) is 1.90. The smallest absolute Gasteiger partial charge is 0.126 e. The van der Waals surface area contributed by atoms with E-state index in [2.05, 4.69) is 11.8 Å². The fraction of sp³-hybridized carbons (Fsp3) is 0.538. The minimum Gasteiger partial charge on any atom is -0.329 e. The van der Waals surface area contributed by atoms with Crippen LogP contribution in [0.3, 0.4) is 0 Å². The Morgan fingerprint density at radius 1 is 1.44 bits per heavy atom. The van der Waals surface area contributed by atoms with Crippen molar-refractivity contribution in [2.24, 2.45) is 5.73 Å². The van der Waals surface area contributed by atoms with Crippen molar-refractivity contribution in [2.45, 2.75) is 26.3 Å². The Balaban J connectivity index is 2.90. The van der Waals surface area contributed by atoms with Gasteiger partial charge in [-0.15, -0.1) is 0 Å². The monoisotopic (exact) mass is 224 g/mol. The maximum atomic E-state index is 13.5. The first-order valence-electron chi connectivity index (χ1n) is 5.76. The number of nitrogens with two attached hydrogens (primary N) is 1. The molecule has 0 spiro atoms. The summed E-state index contributed by atoms with van der Waals surface area (Å²) in [5, 5.41) is 0. The number of halogens is 1. The van der Waals surface area contributed by atoms with E-state index in [1.54, 1.807) is 13.0 Å². The highest BCUT2D eigenvalue weighted by Gasteiger charge is 2.15. The van der Waals surface area contributed by atoms with Gasteiger partial charge in [-0.2, -0.15) is 0 Å². The van der Waals surface area contributed by atoms with Crippen LogP contribution in [0.5, 0.6) is 0 Å². The second-order valence-electron chi connectivity index (χ2n) is 4.24. The quantitative estimate of drug-likeness (QED) is 0.832. The summed E-state index contributed by atoms with van der Waals surface area (Å²) >= 11 is 0. The van der Waals surface area contributed by atoms with Gasteiger partial charge in [0, 0.05) is 12.6 Å². The number of nitrogens with zero attached hydrogens (tertiary/aromatic N) is 1. The van der Waals surface area contributed by atoms with Crippen molar-refractivity contribution >= 4 is 0 Å². The molecule has 0 fully saturated rings. The third-order valence-electron chi connectivity index (χ3n) is 2.91. The second kappa shape index (κ2) is 5.97. The van der Waals surface area contributed by atoms with Crippen molar-refractivity contribution in [3.63, 3.8) is 0 Å². The summed E-state index contributed by atoms with van der Waals surface area (Å²) in [6.07, 6.45) is 1.07. The van der Waals surface area contributed by atoms with E-state index in [1.807, 2.05) is 19.2 Å². The van der Waals surface area contributed by atoms with Gasteiger partial charge in [0.15, 0.2) is 0 Å². The van der Waals surface area contributed by atoms with E-state index in [-0.39, 0.29) is 11.9 Å². The van der Waals surface area contributed by atoms with Crippen molar-refractivity contribution in [2.75, 3.05) is 20.1 Å². The molecule has 1 aromatic carbocycles. The Morgan fingerprint density at radius 3 is 2.62 bits per heavy atom. The van der Waals surface area contributed by atoms with Crippen molar-refractivity contribution in [3.05, 3.63) is 35.1 Å². The Kier molecular flexibility index (Phi) is 4.90. The van der Waals surface area contributed by atoms with Crippen molar-refractivity contribution in [1.29, 1.82) is 0 Å². The van der Waals surface area contributed by atoms with Gasteiger partial charge in [0.1, 0.15) is 5.82 Å². The zero-order valence-electron chi connectivity index (χ0n) is 10.3. The summed E-state index contributed by atoms with van der Waals surface area (Å²) in [6.45, 7) is 5.38. The van der Waals surface area contributed by atoms with Crippen molar-refractivity contribution in [1.82, 2.24) is 4.90 Å². The van der Waals surface area contributed by atoms with Crippen LogP contribution in [-0.2, 0) is 0 Å². The number of rotatable bonds is 5. The molecule has 0 heterocycles. The minimum atomic E-state index is -0.152. The molecule has 1 aromatic rings. The minimum absolute atomic E-state index is 0.107. The summed E-state index contributed by atoms with van der Waals surface area (Å²) in [6, 6.07) is 5.48. The average Bonchev–Trinajstić information content (AvgIpc) is 2.25. The molecule has 1 atom stereocenters. The van der Waals surface area contributed by atoms with Crippen LogP contribution >= 0.6 is 0 Å². The largest absolute Gasteiger partial charge is 0.329 e. The van der Waals surface area contributed by atoms with Gasteiger partial charge in [-0.25, -0.2) is 4.39 Å². The van der Waals surface area contributed by atoms with Crippen LogP contribution < -0.4 is 5.73 Å². The van der Waals surface area contributed by atoms with Crippen LogP contribution in [-0.4, -0.2) is 25.0 Å². The number of hydrogen-bond donors (Lipinski definition) is 1. The molecule has 0 aliphatic rings. The predicted octanol–water partition coefficient (Wildman–Crippen LogP) is 2.48. The Labute approximate surface area is 97.3 Å². The molecule has 2 nitrogen and oxygen atoms in total. The molecule has 0 aliphatic carbocycles. The summed E-state index contributed by atoms with van der Waals surface area (Å²) in [5.41, 5.74) is 7.40. The van der Waals surface area contributed by atoms with E-state index in [0.717, 1.165) is 18.5 Å². The fourth-order valence-corrected chi connectivity index (χ4v) is 1.90. The van der Waals surface area contributed by atoms with Gasteiger partial charge in [-0.1, -0.05) is 19.1 Å². The molecule has 0 bridgehead atoms. The third-order valence-corrected chi connectivity index (χ3v) is 2.91. The van der Waals surface area contributed by atoms with E-state index >= 15 is 0 Å². The lowest BCUT2D eigenvalue weighted by molar-refractivity contribution is 0.250. The lowest BCUT2D eigenvalue weighted by Gasteiger charge is -2.27. The highest BCUT2D eigenvalue weighted by Crippen LogP contribution is 2.20. The first-order chi connectivity index (χ1) is 7.60. The van der Waals surface area contributed by atoms with Gasteiger partial charge >= 0.3 is 0 Å². The zero-order chi connectivity index (χ0) is 12.1. The van der Waals surface area contributed by atoms with Crippen LogP contribution in [0.25, 0.3) is 0 Å². The molecule has 3 heteroatoms. The molecule has 0 aliphatic heterocycles. The molecular weight excluding hydrogens is 203 g/mol. The first kappa shape index (κ1) is 13.1. The van der Waals surface area contributed by atoms with Crippen molar-refractivity contribution < 1.29 is 4.39 Å². The Morgan fingerprint density at radius 2 is 2.12 bits per heavy atom.